The molecule has 0 aliphatic carbocycles. The van der Waals surface area contributed by atoms with E-state index in [1.54, 1.807) is 30.5 Å². The maximum Gasteiger partial charge on any atom is 0.249 e. The van der Waals surface area contributed by atoms with Crippen molar-refractivity contribution in [1.29, 1.82) is 0 Å². The summed E-state index contributed by atoms with van der Waals surface area (Å²) in [5, 5.41) is 14.7. The Morgan fingerprint density at radius 2 is 1.92 bits per heavy atom. The highest BCUT2D eigenvalue weighted by atomic mass is 35.5. The van der Waals surface area contributed by atoms with Gasteiger partial charge in [0, 0.05) is 17.3 Å². The highest BCUT2D eigenvalue weighted by Gasteiger charge is 2.02. The fraction of sp³-hybridized carbons (Fsp3) is 0.118. The lowest BCUT2D eigenvalue weighted by molar-refractivity contribution is 0.627. The van der Waals surface area contributed by atoms with Crippen molar-refractivity contribution in [3.8, 4) is 0 Å². The van der Waals surface area contributed by atoms with Crippen LogP contribution >= 0.6 is 11.6 Å². The third-order valence-corrected chi connectivity index (χ3v) is 3.51. The van der Waals surface area contributed by atoms with Gasteiger partial charge in [0.1, 0.15) is 5.82 Å². The van der Waals surface area contributed by atoms with Crippen molar-refractivity contribution < 1.29 is 4.39 Å². The number of nitrogens with one attached hydrogen (secondary N) is 2. The van der Waals surface area contributed by atoms with Gasteiger partial charge in [-0.15, -0.1) is 5.10 Å². The van der Waals surface area contributed by atoms with Crippen LogP contribution < -0.4 is 10.6 Å². The second-order valence-electron chi connectivity index (χ2n) is 5.10. The van der Waals surface area contributed by atoms with E-state index in [0.29, 0.717) is 23.3 Å². The normalized spacial score (nSPS) is 10.4. The lowest BCUT2D eigenvalue weighted by Crippen LogP contribution is -2.08. The molecule has 0 amide bonds. The van der Waals surface area contributed by atoms with E-state index in [1.807, 2.05) is 12.1 Å². The minimum Gasteiger partial charge on any atom is -0.368 e. The Labute approximate surface area is 143 Å². The molecular formula is C17H15ClFN5. The summed E-state index contributed by atoms with van der Waals surface area (Å²) >= 11 is 5.95. The number of anilines is 3. The van der Waals surface area contributed by atoms with Crippen molar-refractivity contribution in [3.63, 3.8) is 0 Å². The standard InChI is InChI=1S/C17H15ClFN5/c18-13-2-1-3-15(10-13)22-17-23-16(11-21-24-17)20-9-8-12-4-6-14(19)7-5-12/h1-7,10-11H,8-9H2,(H2,20,22,23,24). The lowest BCUT2D eigenvalue weighted by atomic mass is 10.1. The van der Waals surface area contributed by atoms with Gasteiger partial charge in [0.05, 0.1) is 6.20 Å². The molecule has 0 aliphatic heterocycles. The molecule has 1 aromatic heterocycles. The molecule has 24 heavy (non-hydrogen) atoms. The van der Waals surface area contributed by atoms with Gasteiger partial charge in [0.15, 0.2) is 5.82 Å². The van der Waals surface area contributed by atoms with E-state index in [0.717, 1.165) is 17.7 Å². The second-order valence-corrected chi connectivity index (χ2v) is 5.54. The summed E-state index contributed by atoms with van der Waals surface area (Å²) in [5.41, 5.74) is 1.83. The van der Waals surface area contributed by atoms with Crippen molar-refractivity contribution in [2.45, 2.75) is 6.42 Å². The molecule has 0 saturated carbocycles. The van der Waals surface area contributed by atoms with Crippen molar-refractivity contribution in [2.75, 3.05) is 17.2 Å². The Bertz CT molecular complexity index is 810. The van der Waals surface area contributed by atoms with Crippen LogP contribution in [0.3, 0.4) is 0 Å². The van der Waals surface area contributed by atoms with Crippen molar-refractivity contribution in [2.24, 2.45) is 0 Å². The molecule has 0 unspecified atom stereocenters. The monoisotopic (exact) mass is 343 g/mol. The van der Waals surface area contributed by atoms with Crippen LogP contribution in [0.2, 0.25) is 5.02 Å². The molecule has 3 aromatic rings. The smallest absolute Gasteiger partial charge is 0.249 e. The minimum atomic E-state index is -0.233. The Hall–Kier alpha value is -2.73. The highest BCUT2D eigenvalue weighted by Crippen LogP contribution is 2.18. The van der Waals surface area contributed by atoms with E-state index in [4.69, 9.17) is 11.6 Å². The van der Waals surface area contributed by atoms with E-state index in [1.165, 1.54) is 12.1 Å². The molecule has 0 atom stereocenters. The zero-order chi connectivity index (χ0) is 16.8. The Balaban J connectivity index is 1.57. The Morgan fingerprint density at radius 1 is 1.08 bits per heavy atom. The van der Waals surface area contributed by atoms with Gasteiger partial charge in [-0.2, -0.15) is 10.1 Å². The van der Waals surface area contributed by atoms with Crippen LogP contribution in [-0.4, -0.2) is 21.7 Å². The average molecular weight is 344 g/mol. The highest BCUT2D eigenvalue weighted by molar-refractivity contribution is 6.30. The number of nitrogens with zero attached hydrogens (tertiary/aromatic N) is 3. The van der Waals surface area contributed by atoms with E-state index in [2.05, 4.69) is 25.8 Å². The van der Waals surface area contributed by atoms with Gasteiger partial charge in [-0.25, -0.2) is 4.39 Å². The number of rotatable bonds is 6. The quantitative estimate of drug-likeness (QED) is 0.706. The first kappa shape index (κ1) is 16.1. The van der Waals surface area contributed by atoms with Crippen LogP contribution in [0.1, 0.15) is 5.56 Å². The third-order valence-electron chi connectivity index (χ3n) is 3.27. The zero-order valence-corrected chi connectivity index (χ0v) is 13.5. The molecule has 5 nitrogen and oxygen atoms in total. The third kappa shape index (κ3) is 4.63. The van der Waals surface area contributed by atoms with Crippen LogP contribution in [0.5, 0.6) is 0 Å². The summed E-state index contributed by atoms with van der Waals surface area (Å²) in [6.07, 6.45) is 2.30. The second kappa shape index (κ2) is 7.70. The van der Waals surface area contributed by atoms with Gasteiger partial charge in [-0.3, -0.25) is 0 Å². The van der Waals surface area contributed by atoms with Crippen molar-refractivity contribution in [1.82, 2.24) is 15.2 Å². The number of benzene rings is 2. The van der Waals surface area contributed by atoms with Gasteiger partial charge < -0.3 is 10.6 Å². The fourth-order valence-electron chi connectivity index (χ4n) is 2.12. The SMILES string of the molecule is Fc1ccc(CCNc2cnnc(Nc3cccc(Cl)c3)n2)cc1. The summed E-state index contributed by atoms with van der Waals surface area (Å²) in [6.45, 7) is 0.654. The summed E-state index contributed by atoms with van der Waals surface area (Å²) in [6, 6.07) is 13.7. The predicted octanol–water partition coefficient (Wildman–Crippen LogP) is 4.06. The summed E-state index contributed by atoms with van der Waals surface area (Å²) in [4.78, 5) is 4.34. The number of hydrogen-bond acceptors (Lipinski definition) is 5. The summed E-state index contributed by atoms with van der Waals surface area (Å²) in [5.74, 6) is 0.754. The molecule has 1 heterocycles. The van der Waals surface area contributed by atoms with Crippen LogP contribution in [0.4, 0.5) is 21.8 Å². The van der Waals surface area contributed by atoms with E-state index in [-0.39, 0.29) is 5.82 Å². The zero-order valence-electron chi connectivity index (χ0n) is 12.7. The van der Waals surface area contributed by atoms with E-state index >= 15 is 0 Å². The van der Waals surface area contributed by atoms with Crippen LogP contribution in [0.25, 0.3) is 0 Å². The summed E-state index contributed by atoms with van der Waals surface area (Å²) in [7, 11) is 0. The van der Waals surface area contributed by atoms with Crippen LogP contribution in [-0.2, 0) is 6.42 Å². The first-order valence-corrected chi connectivity index (χ1v) is 7.77. The first-order chi connectivity index (χ1) is 11.7. The lowest BCUT2D eigenvalue weighted by Gasteiger charge is -2.08. The maximum atomic E-state index is 12.9. The van der Waals surface area contributed by atoms with Gasteiger partial charge in [0.2, 0.25) is 5.95 Å². The first-order valence-electron chi connectivity index (χ1n) is 7.40. The molecule has 2 N–H and O–H groups in total. The molecule has 0 radical (unpaired) electrons. The molecular weight excluding hydrogens is 329 g/mol. The van der Waals surface area contributed by atoms with Crippen molar-refractivity contribution in [3.05, 3.63) is 71.1 Å². The number of aromatic nitrogens is 3. The van der Waals surface area contributed by atoms with Gasteiger partial charge >= 0.3 is 0 Å². The van der Waals surface area contributed by atoms with E-state index < -0.39 is 0 Å². The molecule has 122 valence electrons. The molecule has 2 aromatic carbocycles. The van der Waals surface area contributed by atoms with Crippen LogP contribution in [0.15, 0.2) is 54.7 Å². The van der Waals surface area contributed by atoms with Gasteiger partial charge in [0.25, 0.3) is 0 Å². The molecule has 0 bridgehead atoms. The molecule has 0 aliphatic rings. The molecule has 7 heteroatoms. The Morgan fingerprint density at radius 3 is 2.71 bits per heavy atom. The largest absolute Gasteiger partial charge is 0.368 e. The average Bonchev–Trinajstić information content (AvgIpc) is 2.57. The minimum absolute atomic E-state index is 0.233. The van der Waals surface area contributed by atoms with Crippen molar-refractivity contribution >= 4 is 29.1 Å². The van der Waals surface area contributed by atoms with E-state index in [9.17, 15) is 4.39 Å². The Kier molecular flexibility index (Phi) is 5.18. The van der Waals surface area contributed by atoms with Gasteiger partial charge in [-0.1, -0.05) is 29.8 Å². The van der Waals surface area contributed by atoms with Gasteiger partial charge in [-0.05, 0) is 42.3 Å². The topological polar surface area (TPSA) is 62.7 Å². The predicted molar refractivity (Wildman–Crippen MR) is 93.2 cm³/mol. The molecule has 0 fully saturated rings. The van der Waals surface area contributed by atoms with Crippen LogP contribution in [0, 0.1) is 5.82 Å². The summed E-state index contributed by atoms with van der Waals surface area (Å²) < 4.78 is 12.9. The number of hydrogen-bond donors (Lipinski definition) is 2. The fourth-order valence-corrected chi connectivity index (χ4v) is 2.31. The molecule has 3 rings (SSSR count). The maximum absolute atomic E-state index is 12.9. The molecule has 0 saturated heterocycles. The molecule has 0 spiro atoms. The number of halogens is 2.